The van der Waals surface area contributed by atoms with E-state index in [0.29, 0.717) is 22.0 Å². The molecule has 0 aromatic heterocycles. The number of imide groups is 1. The van der Waals surface area contributed by atoms with Gasteiger partial charge < -0.3 is 10.6 Å². The van der Waals surface area contributed by atoms with Crippen LogP contribution in [0.1, 0.15) is 15.9 Å². The molecule has 0 spiro atoms. The second kappa shape index (κ2) is 9.05. The van der Waals surface area contributed by atoms with Crippen molar-refractivity contribution in [2.45, 2.75) is 6.92 Å². The van der Waals surface area contributed by atoms with Crippen molar-refractivity contribution in [3.05, 3.63) is 99.4 Å². The molecule has 0 unspecified atom stereocenters. The molecular weight excluding hydrogens is 468 g/mol. The normalized spacial score (nSPS) is 13.5. The summed E-state index contributed by atoms with van der Waals surface area (Å²) in [6, 6.07) is 16.8. The highest BCUT2D eigenvalue weighted by molar-refractivity contribution is 6.53. The molecule has 0 saturated heterocycles. The van der Waals surface area contributed by atoms with Crippen molar-refractivity contribution in [2.75, 3.05) is 15.5 Å². The molecule has 0 atom stereocenters. The Morgan fingerprint density at radius 3 is 2.33 bits per heavy atom. The lowest BCUT2D eigenvalue weighted by atomic mass is 10.1. The standard InChI is InChI=1S/C24H16Cl2FN3O3/c1-13-6-9-15(25)12-19(13)30-23(32)20(26)21(24(30)33)28-16-10-7-14(8-11-16)22(31)29-18-5-3-2-4-17(18)27/h2-12,28H,1H3,(H,29,31). The molecule has 0 saturated carbocycles. The number of carbonyl (C=O) groups excluding carboxylic acids is 3. The molecule has 1 aliphatic heterocycles. The lowest BCUT2D eigenvalue weighted by molar-refractivity contribution is -0.120. The Labute approximate surface area is 198 Å². The van der Waals surface area contributed by atoms with Gasteiger partial charge in [-0.25, -0.2) is 9.29 Å². The minimum atomic E-state index is -0.671. The quantitative estimate of drug-likeness (QED) is 0.471. The summed E-state index contributed by atoms with van der Waals surface area (Å²) in [5, 5.41) is 5.44. The number of aryl methyl sites for hydroxylation is 1. The van der Waals surface area contributed by atoms with Crippen LogP contribution in [0.2, 0.25) is 5.02 Å². The van der Waals surface area contributed by atoms with Crippen molar-refractivity contribution in [1.29, 1.82) is 0 Å². The summed E-state index contributed by atoms with van der Waals surface area (Å²) in [7, 11) is 0. The molecule has 0 aliphatic carbocycles. The zero-order chi connectivity index (χ0) is 23.7. The van der Waals surface area contributed by atoms with Gasteiger partial charge in [0.25, 0.3) is 17.7 Å². The van der Waals surface area contributed by atoms with E-state index < -0.39 is 23.5 Å². The number of hydrogen-bond donors (Lipinski definition) is 2. The number of anilines is 3. The van der Waals surface area contributed by atoms with Crippen LogP contribution in [0.4, 0.5) is 21.5 Å². The van der Waals surface area contributed by atoms with Crippen LogP contribution in [-0.2, 0) is 9.59 Å². The van der Waals surface area contributed by atoms with Gasteiger partial charge in [0.1, 0.15) is 16.5 Å². The number of nitrogens with zero attached hydrogens (tertiary/aromatic N) is 1. The second-order valence-electron chi connectivity index (χ2n) is 7.20. The monoisotopic (exact) mass is 483 g/mol. The Hall–Kier alpha value is -3.68. The second-order valence-corrected chi connectivity index (χ2v) is 8.02. The highest BCUT2D eigenvalue weighted by Gasteiger charge is 2.39. The third-order valence-corrected chi connectivity index (χ3v) is 5.56. The molecule has 3 aromatic rings. The Morgan fingerprint density at radius 1 is 0.939 bits per heavy atom. The van der Waals surface area contributed by atoms with Gasteiger partial charge in [-0.15, -0.1) is 0 Å². The van der Waals surface area contributed by atoms with Crippen LogP contribution in [0.3, 0.4) is 0 Å². The molecular formula is C24H16Cl2FN3O3. The molecule has 0 fully saturated rings. The Morgan fingerprint density at radius 2 is 1.64 bits per heavy atom. The van der Waals surface area contributed by atoms with E-state index >= 15 is 0 Å². The van der Waals surface area contributed by atoms with E-state index in [1.807, 2.05) is 0 Å². The number of amides is 3. The van der Waals surface area contributed by atoms with Crippen molar-refractivity contribution in [3.63, 3.8) is 0 Å². The molecule has 1 aliphatic rings. The molecule has 166 valence electrons. The van der Waals surface area contributed by atoms with Gasteiger partial charge in [-0.05, 0) is 61.0 Å². The van der Waals surface area contributed by atoms with E-state index in [-0.39, 0.29) is 22.0 Å². The first-order valence-corrected chi connectivity index (χ1v) is 10.5. The van der Waals surface area contributed by atoms with Gasteiger partial charge in [0.15, 0.2) is 0 Å². The van der Waals surface area contributed by atoms with Gasteiger partial charge in [0.2, 0.25) is 0 Å². The molecule has 0 bridgehead atoms. The largest absolute Gasteiger partial charge is 0.350 e. The summed E-state index contributed by atoms with van der Waals surface area (Å²) in [5.41, 5.74) is 1.69. The smallest absolute Gasteiger partial charge is 0.283 e. The molecule has 6 nitrogen and oxygen atoms in total. The van der Waals surface area contributed by atoms with E-state index in [1.165, 1.54) is 36.4 Å². The average molecular weight is 484 g/mol. The maximum absolute atomic E-state index is 13.8. The molecule has 1 heterocycles. The van der Waals surface area contributed by atoms with Crippen LogP contribution < -0.4 is 15.5 Å². The number of halogens is 3. The first kappa shape index (κ1) is 22.5. The molecule has 3 amide bonds. The van der Waals surface area contributed by atoms with Gasteiger partial charge in [0.05, 0.1) is 11.4 Å². The van der Waals surface area contributed by atoms with Crippen LogP contribution in [0.15, 0.2) is 77.5 Å². The fourth-order valence-corrected chi connectivity index (χ4v) is 3.64. The van der Waals surface area contributed by atoms with Crippen molar-refractivity contribution < 1.29 is 18.8 Å². The summed E-state index contributed by atoms with van der Waals surface area (Å²) >= 11 is 12.2. The van der Waals surface area contributed by atoms with Gasteiger partial charge >= 0.3 is 0 Å². The van der Waals surface area contributed by atoms with Crippen molar-refractivity contribution in [2.24, 2.45) is 0 Å². The van der Waals surface area contributed by atoms with E-state index in [9.17, 15) is 18.8 Å². The Bertz CT molecular complexity index is 1320. The number of carbonyl (C=O) groups is 3. The zero-order valence-corrected chi connectivity index (χ0v) is 18.7. The molecule has 0 radical (unpaired) electrons. The SMILES string of the molecule is Cc1ccc(Cl)cc1N1C(=O)C(Cl)=C(Nc2ccc(C(=O)Nc3ccccc3F)cc2)C1=O. The molecule has 9 heteroatoms. The summed E-state index contributed by atoms with van der Waals surface area (Å²) in [4.78, 5) is 39.0. The van der Waals surface area contributed by atoms with E-state index in [1.54, 1.807) is 37.3 Å². The van der Waals surface area contributed by atoms with E-state index in [2.05, 4.69) is 10.6 Å². The van der Waals surface area contributed by atoms with E-state index in [4.69, 9.17) is 23.2 Å². The van der Waals surface area contributed by atoms with Crippen molar-refractivity contribution in [1.82, 2.24) is 0 Å². The molecule has 3 aromatic carbocycles. The van der Waals surface area contributed by atoms with Gasteiger partial charge in [0, 0.05) is 16.3 Å². The molecule has 2 N–H and O–H groups in total. The van der Waals surface area contributed by atoms with Crippen molar-refractivity contribution >= 4 is 58.0 Å². The summed E-state index contributed by atoms with van der Waals surface area (Å²) in [6.45, 7) is 1.75. The third-order valence-electron chi connectivity index (χ3n) is 4.98. The van der Waals surface area contributed by atoms with Crippen LogP contribution in [-0.4, -0.2) is 17.7 Å². The van der Waals surface area contributed by atoms with Gasteiger partial charge in [-0.3, -0.25) is 14.4 Å². The van der Waals surface area contributed by atoms with E-state index in [0.717, 1.165) is 4.90 Å². The minimum Gasteiger partial charge on any atom is -0.350 e. The van der Waals surface area contributed by atoms with Crippen LogP contribution >= 0.6 is 23.2 Å². The summed E-state index contributed by atoms with van der Waals surface area (Å²) in [6.07, 6.45) is 0. The number of nitrogens with one attached hydrogen (secondary N) is 2. The van der Waals surface area contributed by atoms with Gasteiger partial charge in [-0.2, -0.15) is 0 Å². The average Bonchev–Trinajstić information content (AvgIpc) is 3.00. The summed E-state index contributed by atoms with van der Waals surface area (Å²) in [5.74, 6) is -2.35. The maximum Gasteiger partial charge on any atom is 0.283 e. The fourth-order valence-electron chi connectivity index (χ4n) is 3.26. The predicted octanol–water partition coefficient (Wildman–Crippen LogP) is 5.48. The zero-order valence-electron chi connectivity index (χ0n) is 17.2. The Balaban J connectivity index is 1.51. The minimum absolute atomic E-state index is 0.0631. The van der Waals surface area contributed by atoms with Crippen LogP contribution in [0.25, 0.3) is 0 Å². The lowest BCUT2D eigenvalue weighted by Gasteiger charge is -2.17. The van der Waals surface area contributed by atoms with Gasteiger partial charge in [-0.1, -0.05) is 41.4 Å². The Kier molecular flexibility index (Phi) is 6.18. The summed E-state index contributed by atoms with van der Waals surface area (Å²) < 4.78 is 13.8. The van der Waals surface area contributed by atoms with Crippen LogP contribution in [0, 0.1) is 12.7 Å². The molecule has 33 heavy (non-hydrogen) atoms. The van der Waals surface area contributed by atoms with Crippen LogP contribution in [0.5, 0.6) is 0 Å². The fraction of sp³-hybridized carbons (Fsp3) is 0.0417. The predicted molar refractivity (Wildman–Crippen MR) is 126 cm³/mol. The topological polar surface area (TPSA) is 78.5 Å². The maximum atomic E-state index is 13.8. The molecule has 4 rings (SSSR count). The lowest BCUT2D eigenvalue weighted by Crippen LogP contribution is -2.32. The first-order chi connectivity index (χ1) is 15.8. The third kappa shape index (κ3) is 4.46. The number of rotatable bonds is 5. The number of para-hydroxylation sites is 1. The number of benzene rings is 3. The highest BCUT2D eigenvalue weighted by atomic mass is 35.5. The first-order valence-electron chi connectivity index (χ1n) is 9.74. The number of hydrogen-bond acceptors (Lipinski definition) is 4. The van der Waals surface area contributed by atoms with Crippen molar-refractivity contribution in [3.8, 4) is 0 Å². The highest BCUT2D eigenvalue weighted by Crippen LogP contribution is 2.33.